The molecule has 0 saturated carbocycles. The molecule has 1 aromatic heterocycles. The van der Waals surface area contributed by atoms with Gasteiger partial charge in [-0.1, -0.05) is 6.07 Å². The molecule has 1 aliphatic rings. The smallest absolute Gasteiger partial charge is 0.128 e. The molecule has 0 amide bonds. The van der Waals surface area contributed by atoms with Gasteiger partial charge in [-0.25, -0.2) is 4.98 Å². The van der Waals surface area contributed by atoms with E-state index in [1.165, 1.54) is 11.5 Å². The first-order valence-electron chi connectivity index (χ1n) is 5.24. The molecule has 1 saturated heterocycles. The zero-order valence-corrected chi connectivity index (χ0v) is 9.70. The second-order valence-corrected chi connectivity index (χ2v) is 4.95. The maximum Gasteiger partial charge on any atom is 0.128 e. The van der Waals surface area contributed by atoms with Crippen LogP contribution in [-0.4, -0.2) is 34.7 Å². The summed E-state index contributed by atoms with van der Waals surface area (Å²) in [5, 5.41) is 9.37. The van der Waals surface area contributed by atoms with Crippen molar-refractivity contribution in [3.63, 3.8) is 0 Å². The van der Waals surface area contributed by atoms with Crippen LogP contribution in [0, 0.1) is 0 Å². The number of aromatic nitrogens is 1. The number of aliphatic hydroxyl groups excluding tert-OH is 1. The summed E-state index contributed by atoms with van der Waals surface area (Å²) in [4.78, 5) is 6.67. The highest BCUT2D eigenvalue weighted by Gasteiger charge is 2.12. The molecule has 2 heterocycles. The summed E-state index contributed by atoms with van der Waals surface area (Å²) in [5.74, 6) is 3.39. The average molecular weight is 224 g/mol. The molecule has 1 fully saturated rings. The maximum absolute atomic E-state index is 9.37. The quantitative estimate of drug-likeness (QED) is 0.829. The van der Waals surface area contributed by atoms with Gasteiger partial charge in [0.25, 0.3) is 0 Å². The summed E-state index contributed by atoms with van der Waals surface area (Å²) in [6, 6.07) is 3.95. The van der Waals surface area contributed by atoms with Crippen LogP contribution >= 0.6 is 11.8 Å². The molecule has 0 radical (unpaired) electrons. The van der Waals surface area contributed by atoms with Crippen molar-refractivity contribution in [3.05, 3.63) is 23.9 Å². The number of hydrogen-bond acceptors (Lipinski definition) is 4. The van der Waals surface area contributed by atoms with E-state index in [1.54, 1.807) is 13.1 Å². The van der Waals surface area contributed by atoms with Crippen molar-refractivity contribution in [2.75, 3.05) is 29.5 Å². The number of thioether (sulfide) groups is 1. The summed E-state index contributed by atoms with van der Waals surface area (Å²) in [5.41, 5.74) is 0.880. The van der Waals surface area contributed by atoms with Crippen LogP contribution in [-0.2, 0) is 0 Å². The van der Waals surface area contributed by atoms with E-state index >= 15 is 0 Å². The van der Waals surface area contributed by atoms with Gasteiger partial charge in [-0.15, -0.1) is 0 Å². The second-order valence-electron chi connectivity index (χ2n) is 3.73. The Kier molecular flexibility index (Phi) is 3.49. The lowest BCUT2D eigenvalue weighted by atomic mass is 10.2. The summed E-state index contributed by atoms with van der Waals surface area (Å²) < 4.78 is 0. The number of anilines is 1. The number of hydrogen-bond donors (Lipinski definition) is 1. The molecule has 1 N–H and O–H groups in total. The molecule has 0 bridgehead atoms. The summed E-state index contributed by atoms with van der Waals surface area (Å²) in [6.45, 7) is 3.91. The fourth-order valence-corrected chi connectivity index (χ4v) is 2.53. The molecule has 15 heavy (non-hydrogen) atoms. The van der Waals surface area contributed by atoms with Gasteiger partial charge in [0, 0.05) is 30.8 Å². The third kappa shape index (κ3) is 2.63. The average Bonchev–Trinajstić information content (AvgIpc) is 2.30. The highest BCUT2D eigenvalue weighted by molar-refractivity contribution is 7.99. The molecule has 1 atom stereocenters. The Labute approximate surface area is 94.5 Å². The molecule has 3 nitrogen and oxygen atoms in total. The van der Waals surface area contributed by atoms with Crippen molar-refractivity contribution in [1.29, 1.82) is 0 Å². The van der Waals surface area contributed by atoms with Crippen LogP contribution in [0.2, 0.25) is 0 Å². The topological polar surface area (TPSA) is 36.4 Å². The Bertz CT molecular complexity index is 307. The minimum absolute atomic E-state index is 0.427. The van der Waals surface area contributed by atoms with Gasteiger partial charge in [0.1, 0.15) is 5.82 Å². The third-order valence-corrected chi connectivity index (χ3v) is 3.53. The standard InChI is InChI=1S/C11H16N2OS/c1-9(14)10-2-3-11(12-8-10)13-4-6-15-7-5-13/h2-3,8-9,14H,4-7H2,1H3/t9-/m0/s1. The van der Waals surface area contributed by atoms with Crippen molar-refractivity contribution in [1.82, 2.24) is 4.98 Å². The molecule has 1 aliphatic heterocycles. The first-order chi connectivity index (χ1) is 7.27. The van der Waals surface area contributed by atoms with Gasteiger partial charge >= 0.3 is 0 Å². The summed E-state index contributed by atoms with van der Waals surface area (Å²) in [6.07, 6.45) is 1.34. The van der Waals surface area contributed by atoms with Crippen molar-refractivity contribution >= 4 is 17.6 Å². The maximum atomic E-state index is 9.37. The molecular weight excluding hydrogens is 208 g/mol. The molecule has 1 aromatic rings. The van der Waals surface area contributed by atoms with Crippen LogP contribution in [0.3, 0.4) is 0 Å². The molecule has 2 rings (SSSR count). The van der Waals surface area contributed by atoms with E-state index in [-0.39, 0.29) is 0 Å². The fraction of sp³-hybridized carbons (Fsp3) is 0.545. The number of nitrogens with zero attached hydrogens (tertiary/aromatic N) is 2. The van der Waals surface area contributed by atoms with Gasteiger partial charge in [-0.2, -0.15) is 11.8 Å². The van der Waals surface area contributed by atoms with Crippen LogP contribution in [0.25, 0.3) is 0 Å². The van der Waals surface area contributed by atoms with Crippen molar-refractivity contribution in [2.24, 2.45) is 0 Å². The third-order valence-electron chi connectivity index (χ3n) is 2.59. The Morgan fingerprint density at radius 3 is 2.67 bits per heavy atom. The van der Waals surface area contributed by atoms with Crippen LogP contribution in [0.4, 0.5) is 5.82 Å². The minimum atomic E-state index is -0.427. The van der Waals surface area contributed by atoms with Crippen LogP contribution < -0.4 is 4.90 Å². The highest BCUT2D eigenvalue weighted by Crippen LogP contribution is 2.19. The van der Waals surface area contributed by atoms with Crippen LogP contribution in [0.5, 0.6) is 0 Å². The van der Waals surface area contributed by atoms with Gasteiger partial charge < -0.3 is 10.0 Å². The Morgan fingerprint density at radius 1 is 1.40 bits per heavy atom. The van der Waals surface area contributed by atoms with E-state index in [1.807, 2.05) is 23.9 Å². The van der Waals surface area contributed by atoms with Crippen molar-refractivity contribution < 1.29 is 5.11 Å². The van der Waals surface area contributed by atoms with E-state index < -0.39 is 6.10 Å². The summed E-state index contributed by atoms with van der Waals surface area (Å²) in [7, 11) is 0. The molecule has 0 aliphatic carbocycles. The molecular formula is C11H16N2OS. The first-order valence-corrected chi connectivity index (χ1v) is 6.39. The first kappa shape index (κ1) is 10.8. The molecule has 82 valence electrons. The highest BCUT2D eigenvalue weighted by atomic mass is 32.2. The van der Waals surface area contributed by atoms with E-state index in [0.717, 1.165) is 24.5 Å². The molecule has 0 spiro atoms. The van der Waals surface area contributed by atoms with E-state index in [0.29, 0.717) is 0 Å². The minimum Gasteiger partial charge on any atom is -0.389 e. The van der Waals surface area contributed by atoms with Gasteiger partial charge in [-0.3, -0.25) is 0 Å². The van der Waals surface area contributed by atoms with E-state index in [9.17, 15) is 5.11 Å². The lowest BCUT2D eigenvalue weighted by Crippen LogP contribution is -2.33. The van der Waals surface area contributed by atoms with Crippen LogP contribution in [0.1, 0.15) is 18.6 Å². The summed E-state index contributed by atoms with van der Waals surface area (Å²) >= 11 is 1.99. The number of pyridine rings is 1. The Balaban J connectivity index is 2.08. The molecule has 0 unspecified atom stereocenters. The van der Waals surface area contributed by atoms with Gasteiger partial charge in [0.2, 0.25) is 0 Å². The predicted octanol–water partition coefficient (Wildman–Crippen LogP) is 1.69. The monoisotopic (exact) mass is 224 g/mol. The lowest BCUT2D eigenvalue weighted by Gasteiger charge is -2.27. The van der Waals surface area contributed by atoms with Crippen LogP contribution in [0.15, 0.2) is 18.3 Å². The van der Waals surface area contributed by atoms with Gasteiger partial charge in [0.05, 0.1) is 6.10 Å². The molecule has 4 heteroatoms. The molecule has 0 aromatic carbocycles. The zero-order chi connectivity index (χ0) is 10.7. The Morgan fingerprint density at radius 2 is 2.13 bits per heavy atom. The zero-order valence-electron chi connectivity index (χ0n) is 8.89. The van der Waals surface area contributed by atoms with Gasteiger partial charge in [-0.05, 0) is 18.6 Å². The SMILES string of the molecule is C[C@H](O)c1ccc(N2CCSCC2)nc1. The predicted molar refractivity (Wildman–Crippen MR) is 64.4 cm³/mol. The van der Waals surface area contributed by atoms with Crippen molar-refractivity contribution in [2.45, 2.75) is 13.0 Å². The Hall–Kier alpha value is -0.740. The van der Waals surface area contributed by atoms with Crippen molar-refractivity contribution in [3.8, 4) is 0 Å². The second kappa shape index (κ2) is 4.86. The van der Waals surface area contributed by atoms with E-state index in [2.05, 4.69) is 9.88 Å². The number of aliphatic hydroxyl groups is 1. The largest absolute Gasteiger partial charge is 0.389 e. The fourth-order valence-electron chi connectivity index (χ4n) is 1.62. The normalized spacial score (nSPS) is 18.9. The lowest BCUT2D eigenvalue weighted by molar-refractivity contribution is 0.199. The number of rotatable bonds is 2. The van der Waals surface area contributed by atoms with E-state index in [4.69, 9.17) is 0 Å². The van der Waals surface area contributed by atoms with Gasteiger partial charge in [0.15, 0.2) is 0 Å².